The quantitative estimate of drug-likeness (QED) is 0.647. The molecule has 0 radical (unpaired) electrons. The summed E-state index contributed by atoms with van der Waals surface area (Å²) in [6, 6.07) is 5.92. The number of hydrogen-bond acceptors (Lipinski definition) is 4. The summed E-state index contributed by atoms with van der Waals surface area (Å²) in [5.74, 6) is 2.36. The molecule has 5 nitrogen and oxygen atoms in total. The summed E-state index contributed by atoms with van der Waals surface area (Å²) in [5.41, 5.74) is 1.18. The molecule has 122 valence electrons. The van der Waals surface area contributed by atoms with Gasteiger partial charge in [-0.3, -0.25) is 4.79 Å². The molecule has 1 aromatic carbocycles. The fourth-order valence-electron chi connectivity index (χ4n) is 2.33. The van der Waals surface area contributed by atoms with Crippen molar-refractivity contribution in [2.45, 2.75) is 25.7 Å². The number of hydrogen-bond donors (Lipinski definition) is 2. The van der Waals surface area contributed by atoms with Gasteiger partial charge in [0.1, 0.15) is 0 Å². The molecule has 1 aliphatic rings. The highest BCUT2D eigenvalue weighted by molar-refractivity contribution is 5.77. The van der Waals surface area contributed by atoms with Crippen LogP contribution in [0.25, 0.3) is 0 Å². The lowest BCUT2D eigenvalue weighted by Crippen LogP contribution is -2.35. The summed E-state index contributed by atoms with van der Waals surface area (Å²) in [4.78, 5) is 11.6. The van der Waals surface area contributed by atoms with Crippen molar-refractivity contribution in [3.8, 4) is 11.5 Å². The molecule has 1 saturated carbocycles. The van der Waals surface area contributed by atoms with Crippen LogP contribution < -0.4 is 20.1 Å². The van der Waals surface area contributed by atoms with Gasteiger partial charge in [-0.25, -0.2) is 0 Å². The molecule has 22 heavy (non-hydrogen) atoms. The van der Waals surface area contributed by atoms with E-state index in [2.05, 4.69) is 10.6 Å². The van der Waals surface area contributed by atoms with Gasteiger partial charge in [0, 0.05) is 6.54 Å². The summed E-state index contributed by atoms with van der Waals surface area (Å²) >= 11 is 0. The minimum Gasteiger partial charge on any atom is -0.493 e. The third-order valence-electron chi connectivity index (χ3n) is 3.83. The van der Waals surface area contributed by atoms with Crippen LogP contribution in [0.2, 0.25) is 0 Å². The van der Waals surface area contributed by atoms with E-state index >= 15 is 0 Å². The number of methoxy groups -OCH3 is 2. The molecule has 0 aliphatic heterocycles. The maximum atomic E-state index is 11.6. The first-order valence-corrected chi connectivity index (χ1v) is 7.91. The highest BCUT2D eigenvalue weighted by Crippen LogP contribution is 2.28. The molecule has 0 aromatic heterocycles. The van der Waals surface area contributed by atoms with Crippen molar-refractivity contribution in [3.63, 3.8) is 0 Å². The first kappa shape index (κ1) is 16.6. The van der Waals surface area contributed by atoms with Crippen LogP contribution in [0.5, 0.6) is 11.5 Å². The van der Waals surface area contributed by atoms with Crippen LogP contribution in [-0.2, 0) is 11.2 Å². The number of carbonyl (C=O) groups excluding carboxylic acids is 1. The van der Waals surface area contributed by atoms with E-state index in [4.69, 9.17) is 9.47 Å². The van der Waals surface area contributed by atoms with Gasteiger partial charge >= 0.3 is 0 Å². The van der Waals surface area contributed by atoms with Crippen molar-refractivity contribution in [2.75, 3.05) is 33.9 Å². The van der Waals surface area contributed by atoms with Gasteiger partial charge in [-0.2, -0.15) is 0 Å². The molecule has 5 heteroatoms. The topological polar surface area (TPSA) is 59.6 Å². The van der Waals surface area contributed by atoms with E-state index in [0.717, 1.165) is 36.8 Å². The lowest BCUT2D eigenvalue weighted by molar-refractivity contribution is -0.120. The number of rotatable bonds is 10. The molecule has 0 unspecified atom stereocenters. The van der Waals surface area contributed by atoms with Crippen LogP contribution in [0.1, 0.15) is 24.8 Å². The van der Waals surface area contributed by atoms with Gasteiger partial charge in [0.2, 0.25) is 5.91 Å². The van der Waals surface area contributed by atoms with Crippen molar-refractivity contribution in [2.24, 2.45) is 5.92 Å². The Kier molecular flexibility index (Phi) is 6.52. The van der Waals surface area contributed by atoms with Crippen molar-refractivity contribution < 1.29 is 14.3 Å². The maximum Gasteiger partial charge on any atom is 0.233 e. The van der Waals surface area contributed by atoms with Gasteiger partial charge in [-0.1, -0.05) is 6.07 Å². The lowest BCUT2D eigenvalue weighted by Gasteiger charge is -2.10. The number of ether oxygens (including phenoxy) is 2. The van der Waals surface area contributed by atoms with Gasteiger partial charge in [0.05, 0.1) is 20.8 Å². The van der Waals surface area contributed by atoms with E-state index in [1.807, 2.05) is 18.2 Å². The second-order valence-electron chi connectivity index (χ2n) is 5.72. The van der Waals surface area contributed by atoms with Crippen LogP contribution in [0.3, 0.4) is 0 Å². The Morgan fingerprint density at radius 3 is 2.68 bits per heavy atom. The van der Waals surface area contributed by atoms with Crippen molar-refractivity contribution in [1.29, 1.82) is 0 Å². The fraction of sp³-hybridized carbons (Fsp3) is 0.588. The first-order chi connectivity index (χ1) is 10.7. The molecule has 1 fully saturated rings. The van der Waals surface area contributed by atoms with Crippen LogP contribution >= 0.6 is 0 Å². The maximum absolute atomic E-state index is 11.6. The molecule has 2 rings (SSSR count). The molecule has 0 spiro atoms. The minimum atomic E-state index is 0.0768. The molecule has 0 atom stereocenters. The van der Waals surface area contributed by atoms with Crippen LogP contribution in [0, 0.1) is 5.92 Å². The van der Waals surface area contributed by atoms with E-state index in [1.165, 1.54) is 18.4 Å². The summed E-state index contributed by atoms with van der Waals surface area (Å²) in [6.07, 6.45) is 4.42. The number of carbonyl (C=O) groups is 1. The Balaban J connectivity index is 1.62. The number of aryl methyl sites for hydroxylation is 1. The van der Waals surface area contributed by atoms with Gasteiger partial charge in [0.25, 0.3) is 0 Å². The Hall–Kier alpha value is -1.75. The Bertz CT molecular complexity index is 487. The van der Waals surface area contributed by atoms with E-state index in [0.29, 0.717) is 13.1 Å². The Morgan fingerprint density at radius 2 is 2.00 bits per heavy atom. The molecular weight excluding hydrogens is 280 g/mol. The molecule has 2 N–H and O–H groups in total. The van der Waals surface area contributed by atoms with Gasteiger partial charge in [-0.15, -0.1) is 0 Å². The zero-order valence-corrected chi connectivity index (χ0v) is 13.5. The standard InChI is InChI=1S/C17H26N2O3/c1-21-15-8-7-13(10-16(15)22-2)4-3-9-19-17(20)12-18-11-14-5-6-14/h7-8,10,14,18H,3-6,9,11-12H2,1-2H3,(H,19,20). The van der Waals surface area contributed by atoms with Crippen molar-refractivity contribution >= 4 is 5.91 Å². The zero-order valence-electron chi connectivity index (χ0n) is 13.5. The van der Waals surface area contributed by atoms with E-state index in [9.17, 15) is 4.79 Å². The molecule has 0 heterocycles. The SMILES string of the molecule is COc1ccc(CCCNC(=O)CNCC2CC2)cc1OC. The Labute approximate surface area is 132 Å². The zero-order chi connectivity index (χ0) is 15.8. The average molecular weight is 306 g/mol. The summed E-state index contributed by atoms with van der Waals surface area (Å²) in [6.45, 7) is 2.09. The molecule has 0 bridgehead atoms. The fourth-order valence-corrected chi connectivity index (χ4v) is 2.33. The summed E-state index contributed by atoms with van der Waals surface area (Å²) in [5, 5.41) is 6.13. The smallest absolute Gasteiger partial charge is 0.233 e. The second-order valence-corrected chi connectivity index (χ2v) is 5.72. The molecule has 1 aromatic rings. The predicted molar refractivity (Wildman–Crippen MR) is 86.5 cm³/mol. The predicted octanol–water partition coefficient (Wildman–Crippen LogP) is 1.75. The van der Waals surface area contributed by atoms with E-state index < -0.39 is 0 Å². The molecular formula is C17H26N2O3. The molecule has 0 saturated heterocycles. The largest absolute Gasteiger partial charge is 0.493 e. The first-order valence-electron chi connectivity index (χ1n) is 7.91. The van der Waals surface area contributed by atoms with Crippen molar-refractivity contribution in [3.05, 3.63) is 23.8 Å². The van der Waals surface area contributed by atoms with Gasteiger partial charge in [-0.05, 0) is 55.8 Å². The molecule has 1 aliphatic carbocycles. The monoisotopic (exact) mass is 306 g/mol. The van der Waals surface area contributed by atoms with Crippen molar-refractivity contribution in [1.82, 2.24) is 10.6 Å². The van der Waals surface area contributed by atoms with E-state index in [-0.39, 0.29) is 5.91 Å². The summed E-state index contributed by atoms with van der Waals surface area (Å²) in [7, 11) is 3.26. The van der Waals surface area contributed by atoms with Gasteiger partial charge < -0.3 is 20.1 Å². The molecule has 1 amide bonds. The normalized spacial score (nSPS) is 13.7. The van der Waals surface area contributed by atoms with Gasteiger partial charge in [0.15, 0.2) is 11.5 Å². The minimum absolute atomic E-state index is 0.0768. The number of benzene rings is 1. The van der Waals surface area contributed by atoms with E-state index in [1.54, 1.807) is 14.2 Å². The van der Waals surface area contributed by atoms with Crippen LogP contribution in [-0.4, -0.2) is 39.8 Å². The highest BCUT2D eigenvalue weighted by atomic mass is 16.5. The summed E-state index contributed by atoms with van der Waals surface area (Å²) < 4.78 is 10.5. The third-order valence-corrected chi connectivity index (χ3v) is 3.83. The highest BCUT2D eigenvalue weighted by Gasteiger charge is 2.20. The average Bonchev–Trinajstić information content (AvgIpc) is 3.35. The Morgan fingerprint density at radius 1 is 1.23 bits per heavy atom. The van der Waals surface area contributed by atoms with Crippen LogP contribution in [0.15, 0.2) is 18.2 Å². The lowest BCUT2D eigenvalue weighted by atomic mass is 10.1. The second kappa shape index (κ2) is 8.63. The number of amides is 1. The third kappa shape index (κ3) is 5.56. The van der Waals surface area contributed by atoms with Crippen LogP contribution in [0.4, 0.5) is 0 Å². The number of nitrogens with one attached hydrogen (secondary N) is 2.